The summed E-state index contributed by atoms with van der Waals surface area (Å²) in [6, 6.07) is 3.14. The molecule has 0 unspecified atom stereocenters. The third-order valence-electron chi connectivity index (χ3n) is 1.25. The number of aliphatic hydroxyl groups excluding tert-OH is 1. The molecule has 0 saturated heterocycles. The lowest BCUT2D eigenvalue weighted by atomic mass is 10.3. The largest absolute Gasteiger partial charge is 0.400 e. The van der Waals surface area contributed by atoms with Crippen molar-refractivity contribution in [1.29, 1.82) is 0 Å². The number of aromatic nitrogens is 1. The number of nitrogen functional groups attached to an aromatic ring is 1. The predicted octanol–water partition coefficient (Wildman–Crippen LogP) is -1.60. The fraction of sp³-hybridized carbons (Fsp3) is 0.143. The van der Waals surface area contributed by atoms with E-state index in [1.807, 2.05) is 0 Å². The standard InChI is InChI=1S/C6H8N4O.CH4O/c7-9-6-2-1-5(4-11)3-10(6)8;1-2/h1-4H,7-8H2;2H,1H3/b9-6-;. The van der Waals surface area contributed by atoms with Crippen LogP contribution >= 0.6 is 0 Å². The normalized spacial score (nSPS) is 10.2. The van der Waals surface area contributed by atoms with Crippen LogP contribution < -0.4 is 17.2 Å². The van der Waals surface area contributed by atoms with Gasteiger partial charge in [0.05, 0.1) is 0 Å². The number of nitrogens with two attached hydrogens (primary N) is 2. The van der Waals surface area contributed by atoms with E-state index in [2.05, 4.69) is 5.10 Å². The summed E-state index contributed by atoms with van der Waals surface area (Å²) in [6.07, 6.45) is 2.14. The van der Waals surface area contributed by atoms with E-state index in [0.717, 1.165) is 7.11 Å². The molecule has 72 valence electrons. The van der Waals surface area contributed by atoms with Gasteiger partial charge in [-0.3, -0.25) is 9.47 Å². The summed E-state index contributed by atoms with van der Waals surface area (Å²) in [7, 11) is 1.00. The van der Waals surface area contributed by atoms with Crippen LogP contribution in [0.3, 0.4) is 0 Å². The monoisotopic (exact) mass is 184 g/mol. The van der Waals surface area contributed by atoms with Gasteiger partial charge in [0.15, 0.2) is 11.8 Å². The molecule has 1 aromatic rings. The zero-order valence-electron chi connectivity index (χ0n) is 7.21. The number of carbonyl (C=O) groups excluding carboxylic acids is 1. The molecule has 0 aliphatic rings. The lowest BCUT2D eigenvalue weighted by Crippen LogP contribution is -2.28. The second-order valence-corrected chi connectivity index (χ2v) is 1.97. The Hall–Kier alpha value is -1.82. The Morgan fingerprint density at radius 3 is 2.54 bits per heavy atom. The fourth-order valence-corrected chi connectivity index (χ4v) is 0.706. The highest BCUT2D eigenvalue weighted by Crippen LogP contribution is 1.86. The average molecular weight is 184 g/mol. The smallest absolute Gasteiger partial charge is 0.170 e. The van der Waals surface area contributed by atoms with Gasteiger partial charge in [0.1, 0.15) is 0 Å². The summed E-state index contributed by atoms with van der Waals surface area (Å²) in [5.74, 6) is 10.4. The van der Waals surface area contributed by atoms with Gasteiger partial charge in [-0.25, -0.2) is 0 Å². The molecular weight excluding hydrogens is 172 g/mol. The van der Waals surface area contributed by atoms with E-state index in [0.29, 0.717) is 17.3 Å². The molecule has 0 aliphatic heterocycles. The topological polar surface area (TPSA) is 107 Å². The van der Waals surface area contributed by atoms with E-state index in [4.69, 9.17) is 16.8 Å². The molecule has 6 nitrogen and oxygen atoms in total. The predicted molar refractivity (Wildman–Crippen MR) is 47.9 cm³/mol. The van der Waals surface area contributed by atoms with Crippen LogP contribution in [-0.2, 0) is 0 Å². The molecule has 0 fully saturated rings. The van der Waals surface area contributed by atoms with Crippen LogP contribution in [0.25, 0.3) is 0 Å². The van der Waals surface area contributed by atoms with Crippen molar-refractivity contribution in [3.05, 3.63) is 29.4 Å². The van der Waals surface area contributed by atoms with Crippen molar-refractivity contribution in [3.63, 3.8) is 0 Å². The highest BCUT2D eigenvalue weighted by Gasteiger charge is 1.90. The Bertz CT molecular complexity index is 332. The number of hydrogen-bond donors (Lipinski definition) is 3. The highest BCUT2D eigenvalue weighted by molar-refractivity contribution is 5.73. The Labute approximate surface area is 75.1 Å². The van der Waals surface area contributed by atoms with Gasteiger partial charge in [0.2, 0.25) is 0 Å². The van der Waals surface area contributed by atoms with Crippen LogP contribution in [0.1, 0.15) is 10.4 Å². The summed E-state index contributed by atoms with van der Waals surface area (Å²) in [5, 5.41) is 10.4. The molecule has 1 heterocycles. The van der Waals surface area contributed by atoms with Crippen LogP contribution in [-0.4, -0.2) is 23.2 Å². The van der Waals surface area contributed by atoms with E-state index in [9.17, 15) is 4.79 Å². The van der Waals surface area contributed by atoms with Gasteiger partial charge in [0, 0.05) is 18.9 Å². The minimum Gasteiger partial charge on any atom is -0.400 e. The molecular formula is C7H12N4O2. The summed E-state index contributed by atoms with van der Waals surface area (Å²) in [6.45, 7) is 0. The first-order chi connectivity index (χ1) is 6.27. The summed E-state index contributed by atoms with van der Waals surface area (Å²) in [4.78, 5) is 10.2. The molecule has 0 atom stereocenters. The van der Waals surface area contributed by atoms with E-state index in [1.54, 1.807) is 12.1 Å². The molecule has 6 heteroatoms. The number of carbonyl (C=O) groups is 1. The van der Waals surface area contributed by atoms with Crippen molar-refractivity contribution in [3.8, 4) is 0 Å². The zero-order chi connectivity index (χ0) is 10.3. The molecule has 0 spiro atoms. The van der Waals surface area contributed by atoms with Crippen LogP contribution in [0.5, 0.6) is 0 Å². The van der Waals surface area contributed by atoms with E-state index in [-0.39, 0.29) is 0 Å². The quantitative estimate of drug-likeness (QED) is 0.277. The van der Waals surface area contributed by atoms with Crippen molar-refractivity contribution in [2.45, 2.75) is 0 Å². The van der Waals surface area contributed by atoms with Crippen molar-refractivity contribution < 1.29 is 9.90 Å². The highest BCUT2D eigenvalue weighted by atomic mass is 16.2. The van der Waals surface area contributed by atoms with Gasteiger partial charge in [-0.05, 0) is 12.1 Å². The van der Waals surface area contributed by atoms with Gasteiger partial charge in [-0.2, -0.15) is 5.10 Å². The molecule has 0 saturated carbocycles. The lowest BCUT2D eigenvalue weighted by molar-refractivity contribution is 0.112. The number of nitrogens with zero attached hydrogens (tertiary/aromatic N) is 2. The minimum atomic E-state index is 0.413. The summed E-state index contributed by atoms with van der Waals surface area (Å²) < 4.78 is 1.18. The molecule has 0 bridgehead atoms. The third kappa shape index (κ3) is 2.96. The number of hydrogen-bond acceptors (Lipinski definition) is 5. The van der Waals surface area contributed by atoms with Gasteiger partial charge in [0.25, 0.3) is 0 Å². The molecule has 13 heavy (non-hydrogen) atoms. The van der Waals surface area contributed by atoms with Crippen molar-refractivity contribution in [1.82, 2.24) is 4.68 Å². The van der Waals surface area contributed by atoms with Gasteiger partial charge in [-0.15, -0.1) is 0 Å². The number of pyridine rings is 1. The Morgan fingerprint density at radius 2 is 2.15 bits per heavy atom. The fourth-order valence-electron chi connectivity index (χ4n) is 0.706. The van der Waals surface area contributed by atoms with E-state index in [1.165, 1.54) is 10.9 Å². The van der Waals surface area contributed by atoms with E-state index >= 15 is 0 Å². The van der Waals surface area contributed by atoms with Gasteiger partial charge in [-0.1, -0.05) is 0 Å². The maximum absolute atomic E-state index is 10.2. The minimum absolute atomic E-state index is 0.413. The van der Waals surface area contributed by atoms with E-state index < -0.39 is 0 Å². The number of aliphatic hydroxyl groups is 1. The lowest BCUT2D eigenvalue weighted by Gasteiger charge is -1.97. The second kappa shape index (κ2) is 5.78. The maximum Gasteiger partial charge on any atom is 0.170 e. The van der Waals surface area contributed by atoms with Crippen LogP contribution in [0.2, 0.25) is 0 Å². The van der Waals surface area contributed by atoms with Crippen LogP contribution in [0, 0.1) is 0 Å². The van der Waals surface area contributed by atoms with Crippen molar-refractivity contribution in [2.75, 3.05) is 13.0 Å². The first-order valence-corrected chi connectivity index (χ1v) is 3.39. The Morgan fingerprint density at radius 1 is 1.54 bits per heavy atom. The average Bonchev–Trinajstić information content (AvgIpc) is 2.20. The van der Waals surface area contributed by atoms with Gasteiger partial charge >= 0.3 is 0 Å². The van der Waals surface area contributed by atoms with Gasteiger partial charge < -0.3 is 16.8 Å². The number of aldehydes is 1. The van der Waals surface area contributed by atoms with Crippen LogP contribution in [0.4, 0.5) is 0 Å². The molecule has 0 aromatic carbocycles. The zero-order valence-corrected chi connectivity index (χ0v) is 7.21. The van der Waals surface area contributed by atoms with Crippen molar-refractivity contribution >= 4 is 6.29 Å². The molecule has 0 amide bonds. The summed E-state index contributed by atoms with van der Waals surface area (Å²) >= 11 is 0. The molecule has 0 radical (unpaired) electrons. The number of rotatable bonds is 1. The molecule has 1 rings (SSSR count). The van der Waals surface area contributed by atoms with Crippen LogP contribution in [0.15, 0.2) is 23.4 Å². The first kappa shape index (κ1) is 11.2. The van der Waals surface area contributed by atoms with Crippen molar-refractivity contribution in [2.24, 2.45) is 10.9 Å². The Balaban J connectivity index is 0.000000671. The summed E-state index contributed by atoms with van der Waals surface area (Å²) in [5.41, 5.74) is 0.899. The second-order valence-electron chi connectivity index (χ2n) is 1.97. The molecule has 0 aliphatic carbocycles. The molecule has 5 N–H and O–H groups in total. The Kier molecular flexibility index (Phi) is 4.97. The third-order valence-corrected chi connectivity index (χ3v) is 1.25. The SMILES string of the molecule is CO.N/N=c1/ccc(C=O)cn1N. The molecule has 1 aromatic heterocycles. The maximum atomic E-state index is 10.2. The first-order valence-electron chi connectivity index (χ1n) is 3.39.